The molecule has 1 aromatic heterocycles. The highest BCUT2D eigenvalue weighted by Gasteiger charge is 2.14. The van der Waals surface area contributed by atoms with E-state index in [9.17, 15) is 5.11 Å². The number of benzene rings is 2. The quantitative estimate of drug-likeness (QED) is 0.674. The minimum absolute atomic E-state index is 0.204. The maximum absolute atomic E-state index is 9.83. The second-order valence-corrected chi connectivity index (χ2v) is 6.21. The molecular formula is C18H14Cl2N2O2. The van der Waals surface area contributed by atoms with Gasteiger partial charge in [-0.15, -0.1) is 0 Å². The summed E-state index contributed by atoms with van der Waals surface area (Å²) in [7, 11) is 0. The average molecular weight is 361 g/mol. The van der Waals surface area contributed by atoms with Gasteiger partial charge in [0.2, 0.25) is 5.82 Å². The van der Waals surface area contributed by atoms with Gasteiger partial charge >= 0.3 is 0 Å². The van der Waals surface area contributed by atoms with Crippen molar-refractivity contribution in [1.82, 2.24) is 10.1 Å². The van der Waals surface area contributed by atoms with E-state index in [1.54, 1.807) is 18.2 Å². The molecule has 2 aromatic carbocycles. The van der Waals surface area contributed by atoms with Crippen LogP contribution in [0.2, 0.25) is 5.02 Å². The number of phenols is 1. The molecule has 0 aliphatic rings. The third-order valence-corrected chi connectivity index (χ3v) is 4.15. The molecule has 0 radical (unpaired) electrons. The van der Waals surface area contributed by atoms with E-state index in [1.165, 1.54) is 0 Å². The Kier molecular flexibility index (Phi) is 4.60. The van der Waals surface area contributed by atoms with Crippen LogP contribution < -0.4 is 0 Å². The molecule has 122 valence electrons. The predicted molar refractivity (Wildman–Crippen MR) is 96.0 cm³/mol. The number of hydrogen-bond acceptors (Lipinski definition) is 4. The van der Waals surface area contributed by atoms with E-state index >= 15 is 0 Å². The number of aryl methyl sites for hydroxylation is 2. The Morgan fingerprint density at radius 2 is 1.83 bits per heavy atom. The molecule has 0 unspecified atom stereocenters. The standard InChI is InChI=1S/C18H14Cl2N2O2/c1-10-7-12(8-11(2)16(10)23)9-15(20)18-21-17(22-24-18)13-5-3-4-6-14(13)19/h3-9,23H,1-2H3/b15-9-. The van der Waals surface area contributed by atoms with Crippen LogP contribution in [-0.2, 0) is 0 Å². The average Bonchev–Trinajstić information content (AvgIpc) is 3.03. The van der Waals surface area contributed by atoms with Crippen molar-refractivity contribution in [2.24, 2.45) is 0 Å². The zero-order valence-corrected chi connectivity index (χ0v) is 14.6. The lowest BCUT2D eigenvalue weighted by Gasteiger charge is -2.04. The molecule has 0 aliphatic carbocycles. The van der Waals surface area contributed by atoms with E-state index in [-0.39, 0.29) is 11.6 Å². The molecule has 0 atom stereocenters. The Bertz CT molecular complexity index is 909. The van der Waals surface area contributed by atoms with Crippen molar-refractivity contribution in [2.45, 2.75) is 13.8 Å². The fourth-order valence-corrected chi connectivity index (χ4v) is 2.78. The van der Waals surface area contributed by atoms with Gasteiger partial charge in [0.1, 0.15) is 10.8 Å². The molecule has 0 amide bonds. The van der Waals surface area contributed by atoms with Crippen molar-refractivity contribution in [3.8, 4) is 17.1 Å². The fourth-order valence-electron chi connectivity index (χ4n) is 2.35. The summed E-state index contributed by atoms with van der Waals surface area (Å²) in [5.41, 5.74) is 3.06. The first kappa shape index (κ1) is 16.6. The Morgan fingerprint density at radius 1 is 1.17 bits per heavy atom. The van der Waals surface area contributed by atoms with E-state index in [4.69, 9.17) is 27.7 Å². The summed E-state index contributed by atoms with van der Waals surface area (Å²) < 4.78 is 5.22. The van der Waals surface area contributed by atoms with Crippen LogP contribution in [0.5, 0.6) is 5.75 Å². The number of halogens is 2. The number of rotatable bonds is 3. The van der Waals surface area contributed by atoms with Gasteiger partial charge in [-0.3, -0.25) is 0 Å². The molecule has 1 heterocycles. The van der Waals surface area contributed by atoms with Gasteiger partial charge in [-0.1, -0.05) is 40.5 Å². The van der Waals surface area contributed by atoms with Crippen LogP contribution in [0.25, 0.3) is 22.5 Å². The lowest BCUT2D eigenvalue weighted by molar-refractivity contribution is 0.410. The second kappa shape index (κ2) is 6.67. The molecule has 0 saturated heterocycles. The van der Waals surface area contributed by atoms with Gasteiger partial charge in [0, 0.05) is 5.56 Å². The third kappa shape index (κ3) is 3.30. The molecule has 3 rings (SSSR count). The van der Waals surface area contributed by atoms with Crippen LogP contribution in [0.15, 0.2) is 40.9 Å². The van der Waals surface area contributed by atoms with Crippen molar-refractivity contribution in [3.63, 3.8) is 0 Å². The summed E-state index contributed by atoms with van der Waals surface area (Å²) in [5, 5.41) is 14.6. The van der Waals surface area contributed by atoms with E-state index in [0.717, 1.165) is 16.7 Å². The third-order valence-electron chi connectivity index (χ3n) is 3.55. The fraction of sp³-hybridized carbons (Fsp3) is 0.111. The number of aromatic hydroxyl groups is 1. The molecule has 0 bridgehead atoms. The Morgan fingerprint density at radius 3 is 2.50 bits per heavy atom. The van der Waals surface area contributed by atoms with E-state index < -0.39 is 0 Å². The molecule has 0 saturated carbocycles. The summed E-state index contributed by atoms with van der Waals surface area (Å²) in [6.07, 6.45) is 1.71. The van der Waals surface area contributed by atoms with Gasteiger partial charge in [-0.05, 0) is 60.9 Å². The number of phenolic OH excluding ortho intramolecular Hbond substituents is 1. The largest absolute Gasteiger partial charge is 0.507 e. The molecule has 0 spiro atoms. The van der Waals surface area contributed by atoms with Gasteiger partial charge in [0.25, 0.3) is 5.89 Å². The van der Waals surface area contributed by atoms with Gasteiger partial charge in [-0.2, -0.15) is 4.98 Å². The Labute approximate surface area is 149 Å². The molecule has 6 heteroatoms. The van der Waals surface area contributed by atoms with Crippen LogP contribution in [0.1, 0.15) is 22.6 Å². The first-order chi connectivity index (χ1) is 11.5. The van der Waals surface area contributed by atoms with Crippen LogP contribution >= 0.6 is 23.2 Å². The monoisotopic (exact) mass is 360 g/mol. The second-order valence-electron chi connectivity index (χ2n) is 5.40. The summed E-state index contributed by atoms with van der Waals surface area (Å²) >= 11 is 12.4. The van der Waals surface area contributed by atoms with Crippen LogP contribution in [0.3, 0.4) is 0 Å². The van der Waals surface area contributed by atoms with Crippen LogP contribution in [-0.4, -0.2) is 15.2 Å². The topological polar surface area (TPSA) is 59.2 Å². The molecule has 4 nitrogen and oxygen atoms in total. The Hall–Kier alpha value is -2.30. The van der Waals surface area contributed by atoms with E-state index in [2.05, 4.69) is 10.1 Å². The molecular weight excluding hydrogens is 347 g/mol. The Balaban J connectivity index is 1.94. The van der Waals surface area contributed by atoms with Crippen LogP contribution in [0, 0.1) is 13.8 Å². The smallest absolute Gasteiger partial charge is 0.269 e. The highest BCUT2D eigenvalue weighted by Crippen LogP contribution is 2.29. The van der Waals surface area contributed by atoms with Crippen molar-refractivity contribution >= 4 is 34.3 Å². The normalized spacial score (nSPS) is 11.8. The maximum Gasteiger partial charge on any atom is 0.269 e. The lowest BCUT2D eigenvalue weighted by atomic mass is 10.1. The van der Waals surface area contributed by atoms with Gasteiger partial charge in [-0.25, -0.2) is 0 Å². The lowest BCUT2D eigenvalue weighted by Crippen LogP contribution is -1.85. The van der Waals surface area contributed by atoms with Crippen molar-refractivity contribution in [3.05, 3.63) is 64.0 Å². The molecule has 1 N–H and O–H groups in total. The number of hydrogen-bond donors (Lipinski definition) is 1. The highest BCUT2D eigenvalue weighted by atomic mass is 35.5. The minimum Gasteiger partial charge on any atom is -0.507 e. The SMILES string of the molecule is Cc1cc(/C=C(\Cl)c2nc(-c3ccccc3Cl)no2)cc(C)c1O. The molecule has 0 aliphatic heterocycles. The number of aromatic nitrogens is 2. The van der Waals surface area contributed by atoms with Gasteiger partial charge in [0.15, 0.2) is 0 Å². The zero-order valence-electron chi connectivity index (χ0n) is 13.0. The molecule has 3 aromatic rings. The van der Waals surface area contributed by atoms with Crippen molar-refractivity contribution in [2.75, 3.05) is 0 Å². The number of nitrogens with zero attached hydrogens (tertiary/aromatic N) is 2. The minimum atomic E-state index is 0.204. The first-order valence-electron chi connectivity index (χ1n) is 7.22. The summed E-state index contributed by atoms with van der Waals surface area (Å²) in [6.45, 7) is 3.66. The van der Waals surface area contributed by atoms with E-state index in [0.29, 0.717) is 21.4 Å². The highest BCUT2D eigenvalue weighted by molar-refractivity contribution is 6.50. The van der Waals surface area contributed by atoms with E-state index in [1.807, 2.05) is 38.1 Å². The molecule has 0 fully saturated rings. The molecule has 24 heavy (non-hydrogen) atoms. The zero-order chi connectivity index (χ0) is 17.3. The van der Waals surface area contributed by atoms with Crippen molar-refractivity contribution in [1.29, 1.82) is 0 Å². The van der Waals surface area contributed by atoms with Gasteiger partial charge in [0.05, 0.1) is 5.02 Å². The summed E-state index contributed by atoms with van der Waals surface area (Å²) in [5.74, 6) is 0.859. The van der Waals surface area contributed by atoms with Crippen molar-refractivity contribution < 1.29 is 9.63 Å². The summed E-state index contributed by atoms with van der Waals surface area (Å²) in [6, 6.07) is 10.9. The first-order valence-corrected chi connectivity index (χ1v) is 7.97. The van der Waals surface area contributed by atoms with Gasteiger partial charge < -0.3 is 9.63 Å². The summed E-state index contributed by atoms with van der Waals surface area (Å²) in [4.78, 5) is 4.29. The predicted octanol–water partition coefficient (Wildman–Crippen LogP) is 5.45. The van der Waals surface area contributed by atoms with Crippen LogP contribution in [0.4, 0.5) is 0 Å². The maximum atomic E-state index is 9.83.